The number of anilines is 2. The highest BCUT2D eigenvalue weighted by Gasteiger charge is 2.46. The molecule has 3 aromatic rings. The lowest BCUT2D eigenvalue weighted by molar-refractivity contribution is -0.173. The van der Waals surface area contributed by atoms with E-state index in [0.717, 1.165) is 10.2 Å². The Morgan fingerprint density at radius 2 is 1.83 bits per heavy atom. The Hall–Kier alpha value is -2.71. The number of nitrogens with one attached hydrogen (secondary N) is 2. The second-order valence-corrected chi connectivity index (χ2v) is 7.66. The van der Waals surface area contributed by atoms with E-state index in [0.29, 0.717) is 10.7 Å². The summed E-state index contributed by atoms with van der Waals surface area (Å²) in [5, 5.41) is 10.1. The molecule has 0 radical (unpaired) electrons. The van der Waals surface area contributed by atoms with Gasteiger partial charge in [-0.05, 0) is 23.8 Å². The zero-order valence-electron chi connectivity index (χ0n) is 15.3. The summed E-state index contributed by atoms with van der Waals surface area (Å²) in [5.41, 5.74) is 0.926. The monoisotopic (exact) mass is 454 g/mol. The molecule has 0 saturated heterocycles. The Bertz CT molecular complexity index is 1090. The summed E-state index contributed by atoms with van der Waals surface area (Å²) in [6.45, 7) is 0. The van der Waals surface area contributed by atoms with Crippen molar-refractivity contribution in [3.05, 3.63) is 75.9 Å². The smallest absolute Gasteiger partial charge is 0.363 e. The third-order valence-corrected chi connectivity index (χ3v) is 5.54. The Kier molecular flexibility index (Phi) is 5.38. The predicted molar refractivity (Wildman–Crippen MR) is 109 cm³/mol. The Labute approximate surface area is 179 Å². The van der Waals surface area contributed by atoms with Gasteiger partial charge in [-0.1, -0.05) is 53.5 Å². The first-order valence-electron chi connectivity index (χ1n) is 8.96. The molecule has 1 aliphatic heterocycles. The summed E-state index contributed by atoms with van der Waals surface area (Å²) in [6, 6.07) is 12.2. The molecule has 0 saturated carbocycles. The van der Waals surface area contributed by atoms with Crippen molar-refractivity contribution in [3.8, 4) is 0 Å². The van der Waals surface area contributed by atoms with Gasteiger partial charge >= 0.3 is 6.18 Å². The van der Waals surface area contributed by atoms with E-state index in [-0.39, 0.29) is 23.0 Å². The van der Waals surface area contributed by atoms with Crippen LogP contribution in [0.4, 0.5) is 24.7 Å². The van der Waals surface area contributed by atoms with E-state index < -0.39 is 24.2 Å². The number of fused-ring (bicyclic) bond motifs is 1. The summed E-state index contributed by atoms with van der Waals surface area (Å²) in [6.07, 6.45) is -4.76. The lowest BCUT2D eigenvalue weighted by Crippen LogP contribution is -2.35. The maximum absolute atomic E-state index is 13.7. The quantitative estimate of drug-likeness (QED) is 0.502. The number of amides is 1. The molecule has 2 heterocycles. The van der Waals surface area contributed by atoms with Crippen LogP contribution in [-0.2, 0) is 0 Å². The average molecular weight is 455 g/mol. The zero-order chi connectivity index (χ0) is 21.5. The summed E-state index contributed by atoms with van der Waals surface area (Å²) < 4.78 is 42.0. The molecular weight excluding hydrogens is 440 g/mol. The zero-order valence-corrected chi connectivity index (χ0v) is 16.8. The van der Waals surface area contributed by atoms with Gasteiger partial charge in [0.15, 0.2) is 11.7 Å². The van der Waals surface area contributed by atoms with Gasteiger partial charge in [-0.2, -0.15) is 18.3 Å². The van der Waals surface area contributed by atoms with Gasteiger partial charge in [0.25, 0.3) is 5.91 Å². The van der Waals surface area contributed by atoms with E-state index >= 15 is 0 Å². The molecule has 2 N–H and O–H groups in total. The predicted octanol–water partition coefficient (Wildman–Crippen LogP) is 6.10. The summed E-state index contributed by atoms with van der Waals surface area (Å²) >= 11 is 11.8. The maximum Gasteiger partial charge on any atom is 0.410 e. The third-order valence-electron chi connectivity index (χ3n) is 4.80. The van der Waals surface area contributed by atoms with Gasteiger partial charge in [-0.15, -0.1) is 0 Å². The van der Waals surface area contributed by atoms with Crippen LogP contribution in [-0.4, -0.2) is 21.9 Å². The highest BCUT2D eigenvalue weighted by atomic mass is 35.5. The molecule has 1 aromatic heterocycles. The van der Waals surface area contributed by atoms with Crippen LogP contribution in [0, 0.1) is 0 Å². The molecule has 30 heavy (non-hydrogen) atoms. The third kappa shape index (κ3) is 4.11. The molecule has 0 bridgehead atoms. The van der Waals surface area contributed by atoms with Crippen LogP contribution >= 0.6 is 23.2 Å². The minimum Gasteiger partial charge on any atom is -0.363 e. The molecule has 0 spiro atoms. The molecule has 2 atom stereocenters. The van der Waals surface area contributed by atoms with Gasteiger partial charge in [0.2, 0.25) is 0 Å². The number of halogens is 5. The maximum atomic E-state index is 13.7. The molecule has 0 aliphatic carbocycles. The van der Waals surface area contributed by atoms with Crippen molar-refractivity contribution in [3.63, 3.8) is 0 Å². The van der Waals surface area contributed by atoms with Crippen molar-refractivity contribution in [1.29, 1.82) is 0 Å². The van der Waals surface area contributed by atoms with E-state index in [9.17, 15) is 18.0 Å². The molecule has 2 aromatic carbocycles. The largest absolute Gasteiger partial charge is 0.410 e. The minimum atomic E-state index is -4.52. The number of hydrogen-bond acceptors (Lipinski definition) is 3. The van der Waals surface area contributed by atoms with Gasteiger partial charge in [-0.3, -0.25) is 4.79 Å². The summed E-state index contributed by atoms with van der Waals surface area (Å²) in [5.74, 6) is -0.536. The number of nitrogens with zero attached hydrogens (tertiary/aromatic N) is 2. The highest BCUT2D eigenvalue weighted by molar-refractivity contribution is 6.42. The van der Waals surface area contributed by atoms with Crippen molar-refractivity contribution in [2.24, 2.45) is 0 Å². The van der Waals surface area contributed by atoms with Crippen LogP contribution < -0.4 is 10.6 Å². The number of carbonyl (C=O) groups is 1. The normalized spacial score (nSPS) is 18.4. The number of carbonyl (C=O) groups excluding carboxylic acids is 1. The van der Waals surface area contributed by atoms with Crippen molar-refractivity contribution in [2.45, 2.75) is 24.7 Å². The van der Waals surface area contributed by atoms with E-state index in [4.69, 9.17) is 23.2 Å². The van der Waals surface area contributed by atoms with Gasteiger partial charge < -0.3 is 10.6 Å². The standard InChI is InChI=1S/C20H15Cl2F3N4O/c21-13-7-6-12(8-14(13)22)26-19(30)16-10-18-27-15(11-4-2-1-3-5-11)9-17(20(23,24)25)29(18)28-16/h1-8,10,15,17,27H,9H2,(H,26,30)/t15-,17-/m0/s1. The highest BCUT2D eigenvalue weighted by Crippen LogP contribution is 2.43. The second kappa shape index (κ2) is 7.85. The number of rotatable bonds is 3. The van der Waals surface area contributed by atoms with Gasteiger partial charge in [-0.25, -0.2) is 4.68 Å². The van der Waals surface area contributed by atoms with Crippen molar-refractivity contribution >= 4 is 40.6 Å². The molecule has 4 rings (SSSR count). The Morgan fingerprint density at radius 1 is 1.10 bits per heavy atom. The summed E-state index contributed by atoms with van der Waals surface area (Å²) in [4.78, 5) is 12.6. The molecule has 0 unspecified atom stereocenters. The Morgan fingerprint density at radius 3 is 2.50 bits per heavy atom. The van der Waals surface area contributed by atoms with E-state index in [1.54, 1.807) is 30.3 Å². The first kappa shape index (κ1) is 20.6. The number of hydrogen-bond donors (Lipinski definition) is 2. The Balaban J connectivity index is 1.63. The second-order valence-electron chi connectivity index (χ2n) is 6.84. The van der Waals surface area contributed by atoms with Crippen LogP contribution in [0.3, 0.4) is 0 Å². The van der Waals surface area contributed by atoms with Crippen molar-refractivity contribution in [2.75, 3.05) is 10.6 Å². The fourth-order valence-corrected chi connectivity index (χ4v) is 3.66. The molecule has 10 heteroatoms. The molecule has 5 nitrogen and oxygen atoms in total. The summed E-state index contributed by atoms with van der Waals surface area (Å²) in [7, 11) is 0. The fourth-order valence-electron chi connectivity index (χ4n) is 3.36. The van der Waals surface area contributed by atoms with Crippen LogP contribution in [0.25, 0.3) is 0 Å². The van der Waals surface area contributed by atoms with E-state index in [2.05, 4.69) is 15.7 Å². The first-order valence-corrected chi connectivity index (χ1v) is 9.72. The van der Waals surface area contributed by atoms with Gasteiger partial charge in [0.1, 0.15) is 5.82 Å². The fraction of sp³-hybridized carbons (Fsp3) is 0.200. The van der Waals surface area contributed by atoms with Gasteiger partial charge in [0, 0.05) is 18.2 Å². The molecular formula is C20H15Cl2F3N4O. The van der Waals surface area contributed by atoms with Crippen molar-refractivity contribution in [1.82, 2.24) is 9.78 Å². The van der Waals surface area contributed by atoms with Crippen molar-refractivity contribution < 1.29 is 18.0 Å². The number of benzene rings is 2. The van der Waals surface area contributed by atoms with E-state index in [1.165, 1.54) is 24.3 Å². The van der Waals surface area contributed by atoms with E-state index in [1.807, 2.05) is 0 Å². The topological polar surface area (TPSA) is 59.0 Å². The molecule has 1 aliphatic rings. The van der Waals surface area contributed by atoms with Gasteiger partial charge in [0.05, 0.1) is 16.1 Å². The SMILES string of the molecule is O=C(Nc1ccc(Cl)c(Cl)c1)c1cc2n(n1)[C@H](C(F)(F)F)C[C@@H](c1ccccc1)N2. The minimum absolute atomic E-state index is 0.122. The average Bonchev–Trinajstić information content (AvgIpc) is 3.14. The van der Waals surface area contributed by atoms with Crippen LogP contribution in [0.2, 0.25) is 10.0 Å². The van der Waals surface area contributed by atoms with Crippen LogP contribution in [0.15, 0.2) is 54.6 Å². The molecule has 156 valence electrons. The molecule has 0 fully saturated rings. The van der Waals surface area contributed by atoms with Crippen LogP contribution in [0.5, 0.6) is 0 Å². The lowest BCUT2D eigenvalue weighted by atomic mass is 9.97. The number of aromatic nitrogens is 2. The first-order chi connectivity index (χ1) is 14.2. The number of alkyl halides is 3. The van der Waals surface area contributed by atoms with Crippen LogP contribution in [0.1, 0.15) is 34.6 Å². The molecule has 1 amide bonds. The lowest BCUT2D eigenvalue weighted by Gasteiger charge is -2.33.